The fourth-order valence-electron chi connectivity index (χ4n) is 2.42. The molecule has 2 nitrogen and oxygen atoms in total. The highest BCUT2D eigenvalue weighted by Crippen LogP contribution is 2.22. The average molecular weight is 269 g/mol. The van der Waals surface area contributed by atoms with Gasteiger partial charge in [0.1, 0.15) is 0 Å². The normalized spacial score (nSPS) is 13.3. The molecular weight excluding hydrogens is 234 g/mol. The number of carbonyl (C=O) groups excluding carboxylic acids is 1. The van der Waals surface area contributed by atoms with Crippen LogP contribution in [0.1, 0.15) is 92.4 Å². The van der Waals surface area contributed by atoms with E-state index in [-0.39, 0.29) is 5.91 Å². The van der Waals surface area contributed by atoms with Gasteiger partial charge in [-0.3, -0.25) is 4.79 Å². The third-order valence-corrected chi connectivity index (χ3v) is 3.63. The maximum Gasteiger partial charge on any atom is 0.217 e. The van der Waals surface area contributed by atoms with Gasteiger partial charge < -0.3 is 5.32 Å². The third kappa shape index (κ3) is 13.7. The summed E-state index contributed by atoms with van der Waals surface area (Å²) in [6.07, 6.45) is 11.5. The lowest BCUT2D eigenvalue weighted by atomic mass is 9.89. The summed E-state index contributed by atoms with van der Waals surface area (Å²) in [4.78, 5) is 11.0. The fourth-order valence-corrected chi connectivity index (χ4v) is 2.42. The van der Waals surface area contributed by atoms with Crippen molar-refractivity contribution in [2.75, 3.05) is 0 Å². The Morgan fingerprint density at radius 2 is 1.53 bits per heavy atom. The van der Waals surface area contributed by atoms with Gasteiger partial charge in [0, 0.05) is 13.0 Å². The van der Waals surface area contributed by atoms with E-state index in [4.69, 9.17) is 0 Å². The molecule has 0 saturated carbocycles. The van der Waals surface area contributed by atoms with E-state index in [1.165, 1.54) is 44.9 Å². The van der Waals surface area contributed by atoms with E-state index in [1.54, 1.807) is 6.92 Å². The highest BCUT2D eigenvalue weighted by molar-refractivity contribution is 5.73. The molecule has 0 aromatic rings. The quantitative estimate of drug-likeness (QED) is 0.551. The fraction of sp³-hybridized carbons (Fsp3) is 0.941. The molecule has 1 amide bonds. The topological polar surface area (TPSA) is 29.1 Å². The number of hydrogen-bond donors (Lipinski definition) is 1. The van der Waals surface area contributed by atoms with Crippen LogP contribution < -0.4 is 5.32 Å². The lowest BCUT2D eigenvalue weighted by molar-refractivity contribution is -0.119. The van der Waals surface area contributed by atoms with Gasteiger partial charge in [-0.15, -0.1) is 0 Å². The van der Waals surface area contributed by atoms with Crippen molar-refractivity contribution < 1.29 is 4.79 Å². The molecule has 0 aliphatic carbocycles. The number of rotatable bonds is 10. The van der Waals surface area contributed by atoms with Gasteiger partial charge in [-0.1, -0.05) is 66.2 Å². The van der Waals surface area contributed by atoms with E-state index < -0.39 is 0 Å². The molecular formula is C17H35NO. The largest absolute Gasteiger partial charge is 0.354 e. The van der Waals surface area contributed by atoms with Gasteiger partial charge in [0.15, 0.2) is 0 Å². The first-order chi connectivity index (χ1) is 8.85. The highest BCUT2D eigenvalue weighted by atomic mass is 16.1. The second kappa shape index (κ2) is 10.3. The summed E-state index contributed by atoms with van der Waals surface area (Å²) in [5.74, 6) is 0.106. The van der Waals surface area contributed by atoms with E-state index in [0.717, 1.165) is 12.8 Å². The SMILES string of the molecule is CCC(CCCCCCCCC(C)(C)C)NC(C)=O. The standard InChI is InChI=1S/C17H35NO/c1-6-16(18-15(2)19)13-11-9-7-8-10-12-14-17(3,4)5/h16H,6-14H2,1-5H3,(H,18,19). The van der Waals surface area contributed by atoms with E-state index in [2.05, 4.69) is 33.0 Å². The average Bonchev–Trinajstić information content (AvgIpc) is 2.29. The minimum absolute atomic E-state index is 0.106. The Morgan fingerprint density at radius 3 is 2.00 bits per heavy atom. The van der Waals surface area contributed by atoms with Crippen LogP contribution in [0.2, 0.25) is 0 Å². The van der Waals surface area contributed by atoms with Crippen LogP contribution in [0.15, 0.2) is 0 Å². The predicted molar refractivity (Wildman–Crippen MR) is 84.3 cm³/mol. The molecule has 1 unspecified atom stereocenters. The number of amides is 1. The Morgan fingerprint density at radius 1 is 1.00 bits per heavy atom. The van der Waals surface area contributed by atoms with Crippen molar-refractivity contribution in [1.29, 1.82) is 0 Å². The molecule has 0 rings (SSSR count). The third-order valence-electron chi connectivity index (χ3n) is 3.63. The molecule has 0 heterocycles. The molecule has 0 saturated heterocycles. The van der Waals surface area contributed by atoms with E-state index in [0.29, 0.717) is 11.5 Å². The Labute approximate surface area is 120 Å². The first-order valence-electron chi connectivity index (χ1n) is 8.12. The van der Waals surface area contributed by atoms with Crippen LogP contribution in [0.5, 0.6) is 0 Å². The molecule has 1 atom stereocenters. The second-order valence-corrected chi connectivity index (χ2v) is 7.03. The summed E-state index contributed by atoms with van der Waals surface area (Å²) < 4.78 is 0. The molecule has 2 heteroatoms. The highest BCUT2D eigenvalue weighted by Gasteiger charge is 2.09. The molecule has 0 fully saturated rings. The van der Waals surface area contributed by atoms with Gasteiger partial charge in [-0.05, 0) is 24.7 Å². The zero-order valence-electron chi connectivity index (χ0n) is 13.8. The minimum Gasteiger partial charge on any atom is -0.354 e. The lowest BCUT2D eigenvalue weighted by Gasteiger charge is -2.17. The molecule has 0 aromatic heterocycles. The predicted octanol–water partition coefficient (Wildman–Crippen LogP) is 5.07. The number of nitrogens with one attached hydrogen (secondary N) is 1. The van der Waals surface area contributed by atoms with Crippen LogP contribution in [0.4, 0.5) is 0 Å². The van der Waals surface area contributed by atoms with Crippen LogP contribution in [-0.2, 0) is 4.79 Å². The number of hydrogen-bond acceptors (Lipinski definition) is 1. The lowest BCUT2D eigenvalue weighted by Crippen LogP contribution is -2.32. The van der Waals surface area contributed by atoms with Gasteiger partial charge in [-0.25, -0.2) is 0 Å². The Balaban J connectivity index is 3.37. The van der Waals surface area contributed by atoms with Crippen molar-refractivity contribution >= 4 is 5.91 Å². The van der Waals surface area contributed by atoms with E-state index >= 15 is 0 Å². The molecule has 19 heavy (non-hydrogen) atoms. The van der Waals surface area contributed by atoms with Crippen molar-refractivity contribution in [3.8, 4) is 0 Å². The second-order valence-electron chi connectivity index (χ2n) is 7.03. The maximum absolute atomic E-state index is 11.0. The molecule has 0 spiro atoms. The molecule has 0 aliphatic rings. The number of carbonyl (C=O) groups is 1. The first-order valence-corrected chi connectivity index (χ1v) is 8.12. The summed E-state index contributed by atoms with van der Waals surface area (Å²) in [6, 6.07) is 0.387. The Kier molecular flexibility index (Phi) is 9.99. The van der Waals surface area contributed by atoms with E-state index in [1.807, 2.05) is 0 Å². The Bertz CT molecular complexity index is 230. The monoisotopic (exact) mass is 269 g/mol. The first kappa shape index (κ1) is 18.5. The molecule has 0 aromatic carbocycles. The van der Waals surface area contributed by atoms with Crippen molar-refractivity contribution in [3.63, 3.8) is 0 Å². The van der Waals surface area contributed by atoms with Crippen molar-refractivity contribution in [2.45, 2.75) is 98.4 Å². The number of unbranched alkanes of at least 4 members (excludes halogenated alkanes) is 5. The summed E-state index contributed by atoms with van der Waals surface area (Å²) in [6.45, 7) is 10.7. The van der Waals surface area contributed by atoms with Gasteiger partial charge in [0.05, 0.1) is 0 Å². The maximum atomic E-state index is 11.0. The van der Waals surface area contributed by atoms with Crippen LogP contribution in [0.3, 0.4) is 0 Å². The summed E-state index contributed by atoms with van der Waals surface area (Å²) in [5, 5.41) is 3.02. The molecule has 114 valence electrons. The van der Waals surface area contributed by atoms with Crippen LogP contribution >= 0.6 is 0 Å². The molecule has 0 aliphatic heterocycles. The zero-order valence-corrected chi connectivity index (χ0v) is 13.8. The Hall–Kier alpha value is -0.530. The zero-order chi connectivity index (χ0) is 14.7. The minimum atomic E-state index is 0.106. The van der Waals surface area contributed by atoms with Gasteiger partial charge in [-0.2, -0.15) is 0 Å². The van der Waals surface area contributed by atoms with E-state index in [9.17, 15) is 4.79 Å². The van der Waals surface area contributed by atoms with Gasteiger partial charge in [0.2, 0.25) is 5.91 Å². The van der Waals surface area contributed by atoms with Gasteiger partial charge in [0.25, 0.3) is 0 Å². The molecule has 0 bridgehead atoms. The van der Waals surface area contributed by atoms with Crippen LogP contribution in [0, 0.1) is 5.41 Å². The van der Waals surface area contributed by atoms with Crippen LogP contribution in [-0.4, -0.2) is 11.9 Å². The molecule has 0 radical (unpaired) electrons. The van der Waals surface area contributed by atoms with Gasteiger partial charge >= 0.3 is 0 Å². The van der Waals surface area contributed by atoms with Crippen LogP contribution in [0.25, 0.3) is 0 Å². The van der Waals surface area contributed by atoms with Crippen molar-refractivity contribution in [3.05, 3.63) is 0 Å². The smallest absolute Gasteiger partial charge is 0.217 e. The van der Waals surface area contributed by atoms with Crippen molar-refractivity contribution in [2.24, 2.45) is 5.41 Å². The van der Waals surface area contributed by atoms with Crippen molar-refractivity contribution in [1.82, 2.24) is 5.32 Å². The molecule has 1 N–H and O–H groups in total. The summed E-state index contributed by atoms with van der Waals surface area (Å²) in [7, 11) is 0. The summed E-state index contributed by atoms with van der Waals surface area (Å²) >= 11 is 0. The summed E-state index contributed by atoms with van der Waals surface area (Å²) in [5.41, 5.74) is 0.493.